The topological polar surface area (TPSA) is 102 Å². The highest BCUT2D eigenvalue weighted by Crippen LogP contribution is 2.43. The van der Waals surface area contributed by atoms with Gasteiger partial charge in [0.05, 0.1) is 25.8 Å². The number of methoxy groups -OCH3 is 2. The lowest BCUT2D eigenvalue weighted by atomic mass is 9.91. The minimum Gasteiger partial charge on any atom is -0.497 e. The van der Waals surface area contributed by atoms with E-state index in [2.05, 4.69) is 5.32 Å². The van der Waals surface area contributed by atoms with Crippen LogP contribution < -0.4 is 29.0 Å². The standard InChI is InChI=1S/C29H29NO8/c1-29(2,38-20-10-12-23-26(14-20)36-16-35-23)28(32)30-22-15-24(17-5-7-18(8-6-17)27(31)34-4)37-25-13-19(33-3)9-11-21(22)25/h5-14,22,24H,15-16H2,1-4H3,(H,30,32)/t22-,24-/m1/s1. The van der Waals surface area contributed by atoms with Gasteiger partial charge in [0, 0.05) is 24.1 Å². The molecular weight excluding hydrogens is 490 g/mol. The first kappa shape index (κ1) is 25.3. The molecule has 0 unspecified atom stereocenters. The number of benzene rings is 3. The molecule has 2 aliphatic heterocycles. The second-order valence-corrected chi connectivity index (χ2v) is 9.51. The van der Waals surface area contributed by atoms with E-state index in [1.165, 1.54) is 7.11 Å². The van der Waals surface area contributed by atoms with Gasteiger partial charge in [0.25, 0.3) is 5.91 Å². The highest BCUT2D eigenvalue weighted by Gasteiger charge is 2.36. The molecule has 0 saturated heterocycles. The maximum atomic E-state index is 13.5. The first-order valence-electron chi connectivity index (χ1n) is 12.2. The van der Waals surface area contributed by atoms with Gasteiger partial charge in [-0.25, -0.2) is 4.79 Å². The van der Waals surface area contributed by atoms with Crippen LogP contribution in [0.3, 0.4) is 0 Å². The van der Waals surface area contributed by atoms with Crippen molar-refractivity contribution in [3.8, 4) is 28.7 Å². The molecule has 0 bridgehead atoms. The molecule has 0 spiro atoms. The molecule has 38 heavy (non-hydrogen) atoms. The molecule has 1 N–H and O–H groups in total. The van der Waals surface area contributed by atoms with E-state index in [1.807, 2.05) is 24.3 Å². The molecule has 0 aromatic heterocycles. The van der Waals surface area contributed by atoms with Crippen LogP contribution >= 0.6 is 0 Å². The lowest BCUT2D eigenvalue weighted by molar-refractivity contribution is -0.135. The van der Waals surface area contributed by atoms with Crippen molar-refractivity contribution in [3.05, 3.63) is 77.4 Å². The third-order valence-electron chi connectivity index (χ3n) is 6.59. The van der Waals surface area contributed by atoms with Gasteiger partial charge in [0.2, 0.25) is 6.79 Å². The summed E-state index contributed by atoms with van der Waals surface area (Å²) in [7, 11) is 2.93. The zero-order valence-electron chi connectivity index (χ0n) is 21.6. The largest absolute Gasteiger partial charge is 0.497 e. The summed E-state index contributed by atoms with van der Waals surface area (Å²) in [6.45, 7) is 3.58. The van der Waals surface area contributed by atoms with Crippen molar-refractivity contribution in [2.45, 2.75) is 38.0 Å². The Morgan fingerprint density at radius 1 is 0.895 bits per heavy atom. The van der Waals surface area contributed by atoms with Crippen LogP contribution in [0.1, 0.15) is 53.9 Å². The van der Waals surface area contributed by atoms with E-state index in [-0.39, 0.29) is 24.8 Å². The fourth-order valence-corrected chi connectivity index (χ4v) is 4.48. The molecule has 2 aliphatic rings. The Kier molecular flexibility index (Phi) is 6.75. The highest BCUT2D eigenvalue weighted by molar-refractivity contribution is 5.89. The van der Waals surface area contributed by atoms with Crippen LogP contribution in [0.25, 0.3) is 0 Å². The molecule has 2 heterocycles. The van der Waals surface area contributed by atoms with Crippen molar-refractivity contribution in [2.75, 3.05) is 21.0 Å². The molecular formula is C29H29NO8. The number of hydrogen-bond donors (Lipinski definition) is 1. The molecule has 198 valence electrons. The molecule has 5 rings (SSSR count). The Morgan fingerprint density at radius 2 is 1.61 bits per heavy atom. The van der Waals surface area contributed by atoms with Crippen LogP contribution in [-0.2, 0) is 9.53 Å². The third-order valence-corrected chi connectivity index (χ3v) is 6.59. The first-order valence-corrected chi connectivity index (χ1v) is 12.2. The zero-order valence-corrected chi connectivity index (χ0v) is 21.6. The molecule has 2 atom stereocenters. The Morgan fingerprint density at radius 3 is 2.34 bits per heavy atom. The van der Waals surface area contributed by atoms with Gasteiger partial charge < -0.3 is 33.7 Å². The second-order valence-electron chi connectivity index (χ2n) is 9.51. The minimum atomic E-state index is -1.18. The van der Waals surface area contributed by atoms with Crippen molar-refractivity contribution in [3.63, 3.8) is 0 Å². The average Bonchev–Trinajstić information content (AvgIpc) is 3.40. The summed E-state index contributed by atoms with van der Waals surface area (Å²) in [4.78, 5) is 25.3. The van der Waals surface area contributed by atoms with E-state index < -0.39 is 11.6 Å². The smallest absolute Gasteiger partial charge is 0.337 e. The second kappa shape index (κ2) is 10.2. The normalized spacial score (nSPS) is 17.6. The van der Waals surface area contributed by atoms with Gasteiger partial charge in [0.15, 0.2) is 17.1 Å². The summed E-state index contributed by atoms with van der Waals surface area (Å²) in [6.07, 6.45) is 0.104. The van der Waals surface area contributed by atoms with Gasteiger partial charge in [-0.3, -0.25) is 4.79 Å². The number of hydrogen-bond acceptors (Lipinski definition) is 8. The molecule has 0 aliphatic carbocycles. The van der Waals surface area contributed by atoms with E-state index in [4.69, 9.17) is 28.4 Å². The van der Waals surface area contributed by atoms with Crippen molar-refractivity contribution >= 4 is 11.9 Å². The third kappa shape index (κ3) is 5.04. The number of esters is 1. The fourth-order valence-electron chi connectivity index (χ4n) is 4.48. The van der Waals surface area contributed by atoms with Gasteiger partial charge in [0.1, 0.15) is 23.4 Å². The predicted octanol–water partition coefficient (Wildman–Crippen LogP) is 4.75. The van der Waals surface area contributed by atoms with Gasteiger partial charge >= 0.3 is 5.97 Å². The van der Waals surface area contributed by atoms with Gasteiger partial charge in [-0.15, -0.1) is 0 Å². The molecule has 1 amide bonds. The summed E-state index contributed by atoms with van der Waals surface area (Å²) in [5, 5.41) is 3.15. The van der Waals surface area contributed by atoms with Gasteiger partial charge in [-0.05, 0) is 55.8 Å². The quantitative estimate of drug-likeness (QED) is 0.447. The number of rotatable bonds is 7. The number of fused-ring (bicyclic) bond motifs is 2. The maximum Gasteiger partial charge on any atom is 0.337 e. The molecule has 9 heteroatoms. The Hall–Kier alpha value is -4.40. The first-order chi connectivity index (χ1) is 18.3. The van der Waals surface area contributed by atoms with Crippen molar-refractivity contribution < 1.29 is 38.0 Å². The number of ether oxygens (including phenoxy) is 6. The van der Waals surface area contributed by atoms with Gasteiger partial charge in [-0.2, -0.15) is 0 Å². The Bertz CT molecular complexity index is 1350. The number of nitrogens with one attached hydrogen (secondary N) is 1. The Labute approximate surface area is 220 Å². The molecule has 3 aromatic rings. The number of amides is 1. The maximum absolute atomic E-state index is 13.5. The van der Waals surface area contributed by atoms with Crippen LogP contribution in [0.4, 0.5) is 0 Å². The zero-order chi connectivity index (χ0) is 26.9. The molecule has 0 radical (unpaired) electrons. The molecule has 9 nitrogen and oxygen atoms in total. The van der Waals surface area contributed by atoms with Gasteiger partial charge in [-0.1, -0.05) is 12.1 Å². The van der Waals surface area contributed by atoms with Crippen molar-refractivity contribution in [2.24, 2.45) is 0 Å². The number of carbonyl (C=O) groups excluding carboxylic acids is 2. The SMILES string of the molecule is COC(=O)c1ccc([C@H]2C[C@@H](NC(=O)C(C)(C)Oc3ccc4c(c3)OCO4)c3ccc(OC)cc3O2)cc1. The van der Waals surface area contributed by atoms with Crippen molar-refractivity contribution in [1.82, 2.24) is 5.32 Å². The Balaban J connectivity index is 1.37. The monoisotopic (exact) mass is 519 g/mol. The summed E-state index contributed by atoms with van der Waals surface area (Å²) in [5.74, 6) is 2.26. The van der Waals surface area contributed by atoms with E-state index in [0.29, 0.717) is 40.7 Å². The van der Waals surface area contributed by atoms with E-state index in [0.717, 1.165) is 11.1 Å². The van der Waals surface area contributed by atoms with E-state index in [9.17, 15) is 9.59 Å². The molecule has 3 aromatic carbocycles. The molecule has 0 fully saturated rings. The summed E-state index contributed by atoms with van der Waals surface area (Å²) in [6, 6.07) is 17.4. The summed E-state index contributed by atoms with van der Waals surface area (Å²) >= 11 is 0. The lowest BCUT2D eigenvalue weighted by Gasteiger charge is -2.35. The summed E-state index contributed by atoms with van der Waals surface area (Å²) in [5.41, 5.74) is 0.958. The van der Waals surface area contributed by atoms with Crippen LogP contribution in [0.2, 0.25) is 0 Å². The minimum absolute atomic E-state index is 0.156. The predicted molar refractivity (Wildman–Crippen MR) is 137 cm³/mol. The van der Waals surface area contributed by atoms with Crippen LogP contribution in [0.15, 0.2) is 60.7 Å². The fraction of sp³-hybridized carbons (Fsp3) is 0.310. The highest BCUT2D eigenvalue weighted by atomic mass is 16.7. The lowest BCUT2D eigenvalue weighted by Crippen LogP contribution is -2.48. The van der Waals surface area contributed by atoms with Crippen LogP contribution in [-0.4, -0.2) is 38.5 Å². The van der Waals surface area contributed by atoms with Crippen molar-refractivity contribution in [1.29, 1.82) is 0 Å². The number of carbonyl (C=O) groups is 2. The van der Waals surface area contributed by atoms with Crippen LogP contribution in [0, 0.1) is 0 Å². The summed E-state index contributed by atoms with van der Waals surface area (Å²) < 4.78 is 33.3. The van der Waals surface area contributed by atoms with E-state index >= 15 is 0 Å². The van der Waals surface area contributed by atoms with Crippen LogP contribution in [0.5, 0.6) is 28.7 Å². The average molecular weight is 520 g/mol. The van der Waals surface area contributed by atoms with E-state index in [1.54, 1.807) is 57.4 Å². The molecule has 0 saturated carbocycles.